The van der Waals surface area contributed by atoms with Crippen LogP contribution in [0.1, 0.15) is 81.7 Å². The molecule has 0 spiro atoms. The SMILES string of the molecule is CCc1nc(C)oc1C(=O)Nc1nc2cc(C(N)=O)cc(OCCCN(C)C(=O)CCN3C(=O)CC(SC[C@H](N)C(=O)O)C3=O)c2n1C/C=C/Cn1c2cc(-c3cc(C)nn3CC)cnc2c2cc(C(N)=O)cc(OC)c21. The number of imide groups is 1. The van der Waals surface area contributed by atoms with Crippen molar-refractivity contribution in [1.82, 2.24) is 43.7 Å². The second kappa shape index (κ2) is 23.1. The molecule has 1 fully saturated rings. The standard InChI is InChI=1S/C52H59N13O11S/c1-7-34-46(76-28(4)57-34)49(70)59-52-58-35-20-30(48(55)69)23-39(75-17-11-13-61(5)41(66)12-16-63-42(67)24-40(50(63)71)77-26-33(53)51(72)73)45(35)64(52)15-10-9-14-62-37-21-31(36-18-27(3)60-65(36)8-2)25-56-43(37)32-19-29(47(54)68)22-38(74-6)44(32)62/h9-10,18-23,25,33,40H,7-8,11-17,24,26,53H2,1-6H3,(H2,54,68)(H2,55,69)(H,72,73)(H,58,59,70)/b10-9+/t33-,40?/m0/s1. The summed E-state index contributed by atoms with van der Waals surface area (Å²) < 4.78 is 23.6. The number of nitrogens with one attached hydrogen (secondary N) is 1. The van der Waals surface area contributed by atoms with E-state index in [1.165, 1.54) is 24.1 Å². The Bertz CT molecular complexity index is 3520. The molecule has 404 valence electrons. The molecule has 1 saturated heterocycles. The summed E-state index contributed by atoms with van der Waals surface area (Å²) in [5.41, 5.74) is 23.2. The number of anilines is 1. The van der Waals surface area contributed by atoms with Crippen molar-refractivity contribution in [3.8, 4) is 22.8 Å². The van der Waals surface area contributed by atoms with Gasteiger partial charge in [0, 0.05) is 93.6 Å². The van der Waals surface area contributed by atoms with E-state index in [0.29, 0.717) is 58.7 Å². The quantitative estimate of drug-likeness (QED) is 0.0322. The second-order valence-electron chi connectivity index (χ2n) is 18.3. The van der Waals surface area contributed by atoms with Crippen LogP contribution in [0.2, 0.25) is 0 Å². The fourth-order valence-electron chi connectivity index (χ4n) is 9.18. The number of pyridine rings is 1. The van der Waals surface area contributed by atoms with Crippen LogP contribution in [-0.2, 0) is 45.2 Å². The molecule has 24 nitrogen and oxygen atoms in total. The molecule has 77 heavy (non-hydrogen) atoms. The highest BCUT2D eigenvalue weighted by molar-refractivity contribution is 8.00. The summed E-state index contributed by atoms with van der Waals surface area (Å²) in [5, 5.41) is 16.5. The second-order valence-corrected chi connectivity index (χ2v) is 19.5. The molecule has 1 aliphatic rings. The van der Waals surface area contributed by atoms with Gasteiger partial charge in [-0.2, -0.15) is 5.10 Å². The molecule has 2 aromatic carbocycles. The zero-order valence-electron chi connectivity index (χ0n) is 43.3. The first-order valence-electron chi connectivity index (χ1n) is 24.7. The molecule has 6 heterocycles. The molecule has 2 atom stereocenters. The number of carbonyl (C=O) groups is 7. The molecule has 0 radical (unpaired) electrons. The number of aromatic nitrogens is 7. The lowest BCUT2D eigenvalue weighted by molar-refractivity contribution is -0.140. The average Bonchev–Trinajstić information content (AvgIpc) is 4.27. The number of carboxylic acids is 1. The molecule has 0 aliphatic carbocycles. The maximum atomic E-state index is 13.9. The highest BCUT2D eigenvalue weighted by atomic mass is 32.2. The van der Waals surface area contributed by atoms with Crippen molar-refractivity contribution < 1.29 is 52.6 Å². The van der Waals surface area contributed by atoms with Gasteiger partial charge in [0.05, 0.1) is 58.1 Å². The average molecular weight is 1070 g/mol. The van der Waals surface area contributed by atoms with Crippen molar-refractivity contribution in [2.24, 2.45) is 17.2 Å². The van der Waals surface area contributed by atoms with Crippen LogP contribution in [0.4, 0.5) is 5.95 Å². The first-order chi connectivity index (χ1) is 36.8. The van der Waals surface area contributed by atoms with Crippen LogP contribution in [0.5, 0.6) is 11.5 Å². The maximum absolute atomic E-state index is 13.9. The lowest BCUT2D eigenvalue weighted by Gasteiger charge is -2.20. The minimum Gasteiger partial charge on any atom is -0.495 e. The summed E-state index contributed by atoms with van der Waals surface area (Å²) >= 11 is 0.999. The summed E-state index contributed by atoms with van der Waals surface area (Å²) in [4.78, 5) is 106. The van der Waals surface area contributed by atoms with E-state index in [1.807, 2.05) is 54.3 Å². The van der Waals surface area contributed by atoms with Crippen LogP contribution < -0.4 is 32.0 Å². The number of carbonyl (C=O) groups excluding carboxylic acids is 6. The lowest BCUT2D eigenvalue weighted by atomic mass is 10.1. The largest absolute Gasteiger partial charge is 0.495 e. The minimum absolute atomic E-state index is 0.0112. The number of carboxylic acid groups (broad SMARTS) is 1. The first kappa shape index (κ1) is 54.7. The Morgan fingerprint density at radius 1 is 0.974 bits per heavy atom. The number of fused-ring (bicyclic) bond motifs is 4. The summed E-state index contributed by atoms with van der Waals surface area (Å²) in [7, 11) is 3.09. The summed E-state index contributed by atoms with van der Waals surface area (Å²) in [6.45, 7) is 8.52. The summed E-state index contributed by atoms with van der Waals surface area (Å²) in [6, 6.07) is 9.08. The molecular weight excluding hydrogens is 1010 g/mol. The van der Waals surface area contributed by atoms with Crippen molar-refractivity contribution >= 4 is 92.1 Å². The molecule has 0 bridgehead atoms. The Hall–Kier alpha value is -8.58. The number of methoxy groups -OCH3 is 1. The van der Waals surface area contributed by atoms with E-state index in [9.17, 15) is 33.6 Å². The van der Waals surface area contributed by atoms with Gasteiger partial charge in [0.2, 0.25) is 41.2 Å². The van der Waals surface area contributed by atoms with E-state index >= 15 is 0 Å². The van der Waals surface area contributed by atoms with Gasteiger partial charge < -0.3 is 50.2 Å². The third-order valence-corrected chi connectivity index (χ3v) is 14.4. The van der Waals surface area contributed by atoms with Crippen LogP contribution in [0.3, 0.4) is 0 Å². The molecule has 8 N–H and O–H groups in total. The van der Waals surface area contributed by atoms with E-state index in [-0.39, 0.29) is 91.4 Å². The van der Waals surface area contributed by atoms with E-state index in [4.69, 9.17) is 46.2 Å². The van der Waals surface area contributed by atoms with Crippen molar-refractivity contribution in [2.75, 3.05) is 44.9 Å². The molecule has 6 amide bonds. The van der Waals surface area contributed by atoms with Gasteiger partial charge in [0.25, 0.3) is 5.91 Å². The van der Waals surface area contributed by atoms with E-state index < -0.39 is 46.8 Å². The van der Waals surface area contributed by atoms with Crippen LogP contribution in [0, 0.1) is 13.8 Å². The Kier molecular flexibility index (Phi) is 16.4. The topological polar surface area (TPSA) is 334 Å². The fourth-order valence-corrected chi connectivity index (χ4v) is 10.3. The molecule has 8 rings (SSSR count). The Morgan fingerprint density at radius 2 is 1.69 bits per heavy atom. The van der Waals surface area contributed by atoms with Gasteiger partial charge in [-0.1, -0.05) is 19.1 Å². The fraction of sp³-hybridized carbons (Fsp3) is 0.365. The van der Waals surface area contributed by atoms with Crippen LogP contribution in [0.15, 0.2) is 59.2 Å². The Balaban J connectivity index is 1.07. The number of hydrogen-bond donors (Lipinski definition) is 5. The highest BCUT2D eigenvalue weighted by Crippen LogP contribution is 2.38. The van der Waals surface area contributed by atoms with Crippen LogP contribution >= 0.6 is 11.8 Å². The van der Waals surface area contributed by atoms with Gasteiger partial charge in [-0.25, -0.2) is 9.97 Å². The zero-order valence-corrected chi connectivity index (χ0v) is 44.1. The normalized spacial score (nSPS) is 14.1. The number of thioether (sulfide) groups is 1. The van der Waals surface area contributed by atoms with Gasteiger partial charge in [-0.3, -0.25) is 53.4 Å². The van der Waals surface area contributed by atoms with Crippen molar-refractivity contribution in [3.05, 3.63) is 88.9 Å². The van der Waals surface area contributed by atoms with Gasteiger partial charge in [-0.15, -0.1) is 11.8 Å². The van der Waals surface area contributed by atoms with Gasteiger partial charge >= 0.3 is 5.97 Å². The van der Waals surface area contributed by atoms with Crippen molar-refractivity contribution in [1.29, 1.82) is 0 Å². The number of benzene rings is 2. The van der Waals surface area contributed by atoms with E-state index in [1.54, 1.807) is 36.9 Å². The number of amides is 6. The maximum Gasteiger partial charge on any atom is 0.321 e. The summed E-state index contributed by atoms with van der Waals surface area (Å²) in [6.07, 6.45) is 6.02. The molecule has 7 aromatic rings. The monoisotopic (exact) mass is 1070 g/mol. The number of allylic oxidation sites excluding steroid dienone is 2. The Morgan fingerprint density at radius 3 is 2.38 bits per heavy atom. The first-order valence-corrected chi connectivity index (χ1v) is 25.8. The highest BCUT2D eigenvalue weighted by Gasteiger charge is 2.39. The smallest absolute Gasteiger partial charge is 0.321 e. The van der Waals surface area contributed by atoms with Gasteiger partial charge in [-0.05, 0) is 63.1 Å². The predicted octanol–water partition coefficient (Wildman–Crippen LogP) is 4.19. The number of rotatable bonds is 24. The molecule has 5 aromatic heterocycles. The number of oxazole rings is 1. The number of imidazole rings is 1. The minimum atomic E-state index is -1.21. The number of ether oxygens (including phenoxy) is 2. The molecule has 25 heteroatoms. The molecule has 1 unspecified atom stereocenters. The summed E-state index contributed by atoms with van der Waals surface area (Å²) in [5.74, 6) is -3.53. The third-order valence-electron chi connectivity index (χ3n) is 13.0. The lowest BCUT2D eigenvalue weighted by Crippen LogP contribution is -2.37. The zero-order chi connectivity index (χ0) is 55.4. The third kappa shape index (κ3) is 11.5. The van der Waals surface area contributed by atoms with Gasteiger partial charge in [0.15, 0.2) is 5.89 Å². The predicted molar refractivity (Wildman–Crippen MR) is 285 cm³/mol. The van der Waals surface area contributed by atoms with Crippen LogP contribution in [0.25, 0.3) is 44.2 Å². The number of nitrogens with two attached hydrogens (primary N) is 3. The number of aryl methyl sites for hydroxylation is 4. The number of likely N-dealkylation sites (tertiary alicyclic amines) is 1. The molecule has 0 saturated carbocycles. The van der Waals surface area contributed by atoms with Crippen molar-refractivity contribution in [2.45, 2.75) is 84.3 Å². The molecule has 1 aliphatic heterocycles. The Labute approximate surface area is 444 Å². The van der Waals surface area contributed by atoms with Gasteiger partial charge in [0.1, 0.15) is 23.1 Å². The number of primary amides is 2. The van der Waals surface area contributed by atoms with E-state index in [0.717, 1.165) is 39.1 Å². The number of hydrogen-bond acceptors (Lipinski definition) is 16. The number of aliphatic carboxylic acids is 1. The molecular formula is C52H59N13O11S. The number of nitrogens with zero attached hydrogens (tertiary/aromatic N) is 9. The van der Waals surface area contributed by atoms with E-state index in [2.05, 4.69) is 15.4 Å². The van der Waals surface area contributed by atoms with Crippen molar-refractivity contribution in [3.63, 3.8) is 0 Å². The van der Waals surface area contributed by atoms with Crippen LogP contribution in [-0.4, -0.2) is 141 Å².